The minimum absolute atomic E-state index is 0.0456. The summed E-state index contributed by atoms with van der Waals surface area (Å²) in [6, 6.07) is 5.49. The molecule has 1 aromatic carbocycles. The molecule has 0 spiro atoms. The van der Waals surface area contributed by atoms with Crippen molar-refractivity contribution in [1.29, 1.82) is 0 Å². The van der Waals surface area contributed by atoms with Crippen LogP contribution in [0, 0.1) is 5.82 Å². The normalized spacial score (nSPS) is 12.1. The Hall–Kier alpha value is -3.34. The molecule has 0 saturated heterocycles. The van der Waals surface area contributed by atoms with Gasteiger partial charge in [0.2, 0.25) is 16.0 Å². The van der Waals surface area contributed by atoms with E-state index in [1.54, 1.807) is 0 Å². The molecule has 2 rings (SSSR count). The summed E-state index contributed by atoms with van der Waals surface area (Å²) >= 11 is 0. The van der Waals surface area contributed by atoms with Crippen molar-refractivity contribution in [2.45, 2.75) is 39.0 Å². The van der Waals surface area contributed by atoms with Gasteiger partial charge in [-0.25, -0.2) is 31.9 Å². The summed E-state index contributed by atoms with van der Waals surface area (Å²) in [5.74, 6) is -3.00. The van der Waals surface area contributed by atoms with Gasteiger partial charge < -0.3 is 10.2 Å². The lowest BCUT2D eigenvalue weighted by atomic mass is 9.94. The number of Topliss-reactive ketones (excluding diaryl/α,β-unsaturated/α-hetero) is 1. The van der Waals surface area contributed by atoms with Gasteiger partial charge in [-0.3, -0.25) is 4.79 Å². The second-order valence-electron chi connectivity index (χ2n) is 7.82. The molecule has 0 amide bonds. The van der Waals surface area contributed by atoms with Crippen molar-refractivity contribution in [3.63, 3.8) is 0 Å². The molecule has 0 unspecified atom stereocenters. The van der Waals surface area contributed by atoms with Gasteiger partial charge in [0.25, 0.3) is 0 Å². The van der Waals surface area contributed by atoms with Crippen molar-refractivity contribution < 1.29 is 32.6 Å². The third-order valence-electron chi connectivity index (χ3n) is 4.79. The number of anilines is 1. The molecule has 0 bridgehead atoms. The first-order chi connectivity index (χ1) is 15.3. The molecule has 0 saturated carbocycles. The summed E-state index contributed by atoms with van der Waals surface area (Å²) < 4.78 is 38.6. The van der Waals surface area contributed by atoms with Crippen molar-refractivity contribution >= 4 is 27.7 Å². The maximum absolute atomic E-state index is 13.5. The number of benzene rings is 1. The number of halogens is 1. The van der Waals surface area contributed by atoms with Crippen LogP contribution in [-0.2, 0) is 26.0 Å². The Bertz CT molecular complexity index is 1180. The van der Waals surface area contributed by atoms with Gasteiger partial charge in [0.05, 0.1) is 30.1 Å². The third kappa shape index (κ3) is 7.07. The number of hydrogen-bond donors (Lipinski definition) is 2. The maximum Gasteiger partial charge on any atom is 0.331 e. The number of aliphatic hydroxyl groups is 1. The quantitative estimate of drug-likeness (QED) is 0.391. The average molecular weight is 480 g/mol. The number of carbonyl (C=O) groups excluding carboxylic acids is 1. The van der Waals surface area contributed by atoms with E-state index in [2.05, 4.69) is 9.97 Å². The molecule has 2 aromatic rings. The van der Waals surface area contributed by atoms with Gasteiger partial charge in [-0.15, -0.1) is 0 Å². The summed E-state index contributed by atoms with van der Waals surface area (Å²) in [6.07, 6.45) is 1.25. The number of aliphatic hydroxyl groups excluding tert-OH is 1. The summed E-state index contributed by atoms with van der Waals surface area (Å²) in [6.45, 7) is 3.71. The van der Waals surface area contributed by atoms with E-state index in [4.69, 9.17) is 5.11 Å². The van der Waals surface area contributed by atoms with Gasteiger partial charge in [0, 0.05) is 24.6 Å². The highest BCUT2D eigenvalue weighted by atomic mass is 32.2. The largest absolute Gasteiger partial charge is 0.512 e. The molecule has 0 fully saturated rings. The molecule has 178 valence electrons. The number of hydrogen-bond acceptors (Lipinski definition) is 7. The zero-order valence-electron chi connectivity index (χ0n) is 18.7. The van der Waals surface area contributed by atoms with Crippen LogP contribution in [0.5, 0.6) is 0 Å². The van der Waals surface area contributed by atoms with Gasteiger partial charge in [-0.2, -0.15) is 0 Å². The van der Waals surface area contributed by atoms with Crippen LogP contribution in [0.4, 0.5) is 10.3 Å². The summed E-state index contributed by atoms with van der Waals surface area (Å²) in [7, 11) is -2.33. The molecule has 2 N–H and O–H groups in total. The van der Waals surface area contributed by atoms with Crippen LogP contribution in [0.2, 0.25) is 0 Å². The molecule has 1 heterocycles. The lowest BCUT2D eigenvalue weighted by molar-refractivity contribution is -0.131. The Morgan fingerprint density at radius 3 is 2.27 bits per heavy atom. The highest BCUT2D eigenvalue weighted by Crippen LogP contribution is 2.31. The van der Waals surface area contributed by atoms with Crippen LogP contribution >= 0.6 is 0 Å². The Labute approximate surface area is 191 Å². The Kier molecular flexibility index (Phi) is 8.26. The van der Waals surface area contributed by atoms with Crippen LogP contribution in [0.15, 0.2) is 36.1 Å². The van der Waals surface area contributed by atoms with E-state index in [0.717, 1.165) is 10.6 Å². The standard InChI is InChI=1S/C22H26FN3O6S/c1-13(2)20-18(10-9-16(27)11-17(28)12-19(29)30)21(14-5-7-15(23)8-6-14)25-22(24-20)26(3)33(4,31)32/h5-8,12-13,28H,9-11H2,1-4H3,(H,29,30)/b17-12+. The fourth-order valence-corrected chi connectivity index (χ4v) is 3.48. The predicted molar refractivity (Wildman–Crippen MR) is 121 cm³/mol. The van der Waals surface area contributed by atoms with Crippen molar-refractivity contribution in [2.75, 3.05) is 17.6 Å². The monoisotopic (exact) mass is 479 g/mol. The zero-order chi connectivity index (χ0) is 24.9. The summed E-state index contributed by atoms with van der Waals surface area (Å²) in [5.41, 5.74) is 1.97. The second kappa shape index (κ2) is 10.5. The number of nitrogens with zero attached hydrogens (tertiary/aromatic N) is 3. The van der Waals surface area contributed by atoms with E-state index in [-0.39, 0.29) is 24.7 Å². The Morgan fingerprint density at radius 2 is 1.76 bits per heavy atom. The van der Waals surface area contributed by atoms with E-state index >= 15 is 0 Å². The Morgan fingerprint density at radius 1 is 1.15 bits per heavy atom. The van der Waals surface area contributed by atoms with Gasteiger partial charge in [0.15, 0.2) is 0 Å². The van der Waals surface area contributed by atoms with Crippen LogP contribution in [0.25, 0.3) is 11.3 Å². The molecule has 0 aliphatic heterocycles. The number of ketones is 1. The van der Waals surface area contributed by atoms with Crippen LogP contribution in [0.3, 0.4) is 0 Å². The smallest absolute Gasteiger partial charge is 0.331 e. The van der Waals surface area contributed by atoms with Gasteiger partial charge in [0.1, 0.15) is 17.4 Å². The zero-order valence-corrected chi connectivity index (χ0v) is 19.6. The first kappa shape index (κ1) is 25.9. The van der Waals surface area contributed by atoms with E-state index < -0.39 is 39.8 Å². The van der Waals surface area contributed by atoms with Crippen molar-refractivity contribution in [1.82, 2.24) is 9.97 Å². The molecule has 0 aliphatic carbocycles. The van der Waals surface area contributed by atoms with Gasteiger partial charge in [-0.1, -0.05) is 13.8 Å². The van der Waals surface area contributed by atoms with E-state index in [1.165, 1.54) is 31.3 Å². The molecule has 0 atom stereocenters. The van der Waals surface area contributed by atoms with Crippen LogP contribution < -0.4 is 4.31 Å². The molecular weight excluding hydrogens is 453 g/mol. The van der Waals surface area contributed by atoms with E-state index in [0.29, 0.717) is 28.6 Å². The number of carbonyl (C=O) groups is 2. The topological polar surface area (TPSA) is 138 Å². The first-order valence-corrected chi connectivity index (χ1v) is 11.9. The highest BCUT2D eigenvalue weighted by Gasteiger charge is 2.23. The average Bonchev–Trinajstić information content (AvgIpc) is 2.70. The fourth-order valence-electron chi connectivity index (χ4n) is 3.10. The number of aromatic nitrogens is 2. The number of allylic oxidation sites excluding steroid dienone is 1. The number of rotatable bonds is 10. The lowest BCUT2D eigenvalue weighted by Gasteiger charge is -2.21. The van der Waals surface area contributed by atoms with E-state index in [9.17, 15) is 27.5 Å². The number of carboxylic acid groups (broad SMARTS) is 1. The van der Waals surface area contributed by atoms with Crippen molar-refractivity contribution in [3.05, 3.63) is 53.2 Å². The van der Waals surface area contributed by atoms with Crippen molar-refractivity contribution in [2.24, 2.45) is 0 Å². The molecule has 0 aliphatic rings. The molecule has 1 aromatic heterocycles. The summed E-state index contributed by atoms with van der Waals surface area (Å²) in [5, 5.41) is 18.3. The molecule has 9 nitrogen and oxygen atoms in total. The van der Waals surface area contributed by atoms with Crippen LogP contribution in [0.1, 0.15) is 43.9 Å². The molecule has 11 heteroatoms. The minimum Gasteiger partial charge on any atom is -0.512 e. The third-order valence-corrected chi connectivity index (χ3v) is 5.95. The predicted octanol–water partition coefficient (Wildman–Crippen LogP) is 3.22. The number of sulfonamides is 1. The highest BCUT2D eigenvalue weighted by molar-refractivity contribution is 7.92. The van der Waals surface area contributed by atoms with Crippen molar-refractivity contribution in [3.8, 4) is 11.3 Å². The van der Waals surface area contributed by atoms with E-state index in [1.807, 2.05) is 13.8 Å². The molecular formula is C22H26FN3O6S. The Balaban J connectivity index is 2.56. The van der Waals surface area contributed by atoms with Crippen LogP contribution in [-0.4, -0.2) is 53.7 Å². The summed E-state index contributed by atoms with van der Waals surface area (Å²) in [4.78, 5) is 31.8. The maximum atomic E-state index is 13.5. The number of carboxylic acids is 1. The lowest BCUT2D eigenvalue weighted by Crippen LogP contribution is -2.28. The second-order valence-corrected chi connectivity index (χ2v) is 9.83. The van der Waals surface area contributed by atoms with Gasteiger partial charge >= 0.3 is 5.97 Å². The first-order valence-electron chi connectivity index (χ1n) is 10.0. The van der Waals surface area contributed by atoms with Gasteiger partial charge in [-0.05, 0) is 36.6 Å². The molecule has 0 radical (unpaired) electrons. The SMILES string of the molecule is CC(C)c1nc(N(C)S(C)(=O)=O)nc(-c2ccc(F)cc2)c1CCC(=O)C/C(O)=C\C(=O)O. The minimum atomic E-state index is -3.65. The number of aliphatic carboxylic acids is 1. The fraction of sp³-hybridized carbons (Fsp3) is 0.364. The molecule has 33 heavy (non-hydrogen) atoms.